The van der Waals surface area contributed by atoms with Crippen LogP contribution < -0.4 is 10.6 Å². The number of amides is 1. The zero-order valence-electron chi connectivity index (χ0n) is 14.5. The normalized spacial score (nSPS) is 10.7. The summed E-state index contributed by atoms with van der Waals surface area (Å²) >= 11 is 15.0. The minimum absolute atomic E-state index is 0.180. The van der Waals surface area contributed by atoms with Gasteiger partial charge in [-0.2, -0.15) is 0 Å². The molecule has 0 bridgehead atoms. The van der Waals surface area contributed by atoms with Crippen LogP contribution in [-0.4, -0.2) is 21.9 Å². The first-order valence-corrected chi connectivity index (χ1v) is 10.5. The number of nitrogens with one attached hydrogen (secondary N) is 2. The molecule has 0 aliphatic carbocycles. The Morgan fingerprint density at radius 2 is 1.89 bits per heavy atom. The third-order valence-corrected chi connectivity index (χ3v) is 6.44. The molecule has 3 aromatic rings. The summed E-state index contributed by atoms with van der Waals surface area (Å²) in [7, 11) is 0. The average molecular weight is 439 g/mol. The molecule has 140 valence electrons. The Bertz CT molecular complexity index is 978. The van der Waals surface area contributed by atoms with E-state index < -0.39 is 0 Å². The van der Waals surface area contributed by atoms with E-state index in [0.717, 1.165) is 16.8 Å². The number of aromatic nitrogens is 2. The molecule has 1 aromatic heterocycles. The monoisotopic (exact) mass is 438 g/mol. The Kier molecular flexibility index (Phi) is 6.59. The summed E-state index contributed by atoms with van der Waals surface area (Å²) in [6.07, 6.45) is 0. The highest BCUT2D eigenvalue weighted by Gasteiger charge is 2.13. The molecule has 0 saturated heterocycles. The maximum atomic E-state index is 12.2. The van der Waals surface area contributed by atoms with Gasteiger partial charge in [0, 0.05) is 5.69 Å². The van der Waals surface area contributed by atoms with Gasteiger partial charge >= 0.3 is 0 Å². The lowest BCUT2D eigenvalue weighted by atomic mass is 10.2. The molecule has 27 heavy (non-hydrogen) atoms. The largest absolute Gasteiger partial charge is 0.330 e. The van der Waals surface area contributed by atoms with E-state index in [4.69, 9.17) is 23.2 Å². The topological polar surface area (TPSA) is 66.9 Å². The van der Waals surface area contributed by atoms with Crippen LogP contribution in [0.1, 0.15) is 11.1 Å². The van der Waals surface area contributed by atoms with E-state index in [2.05, 4.69) is 20.8 Å². The number of anilines is 3. The molecule has 3 rings (SSSR count). The molecular weight excluding hydrogens is 423 g/mol. The van der Waals surface area contributed by atoms with E-state index in [9.17, 15) is 4.79 Å². The fraction of sp³-hybridized carbons (Fsp3) is 0.167. The van der Waals surface area contributed by atoms with Crippen LogP contribution in [0.2, 0.25) is 10.0 Å². The van der Waals surface area contributed by atoms with Crippen LogP contribution in [0.5, 0.6) is 0 Å². The summed E-state index contributed by atoms with van der Waals surface area (Å²) in [5, 5.41) is 15.8. The Hall–Kier alpha value is -1.80. The number of nitrogens with zero attached hydrogens (tertiary/aromatic N) is 2. The van der Waals surface area contributed by atoms with Crippen molar-refractivity contribution in [2.45, 2.75) is 18.2 Å². The van der Waals surface area contributed by atoms with Gasteiger partial charge in [-0.15, -0.1) is 10.2 Å². The molecule has 0 spiro atoms. The number of thioether (sulfide) groups is 1. The molecule has 0 fully saturated rings. The van der Waals surface area contributed by atoms with Crippen molar-refractivity contribution in [3.05, 3.63) is 57.6 Å². The van der Waals surface area contributed by atoms with Crippen molar-refractivity contribution in [3.8, 4) is 0 Å². The summed E-state index contributed by atoms with van der Waals surface area (Å²) < 4.78 is 0.697. The highest BCUT2D eigenvalue weighted by atomic mass is 35.5. The van der Waals surface area contributed by atoms with Gasteiger partial charge in [0.05, 0.1) is 21.5 Å². The van der Waals surface area contributed by atoms with E-state index in [1.54, 1.807) is 12.1 Å². The van der Waals surface area contributed by atoms with Gasteiger partial charge in [-0.05, 0) is 37.1 Å². The van der Waals surface area contributed by atoms with E-state index >= 15 is 0 Å². The SMILES string of the molecule is Cc1ccccc1Nc1nnc(SCC(=O)Nc2c(Cl)ccc(C)c2Cl)s1. The molecule has 1 heterocycles. The second kappa shape index (κ2) is 8.93. The minimum atomic E-state index is -0.210. The molecule has 5 nitrogen and oxygen atoms in total. The minimum Gasteiger partial charge on any atom is -0.330 e. The number of rotatable bonds is 6. The first-order valence-electron chi connectivity index (χ1n) is 7.97. The highest BCUT2D eigenvalue weighted by Crippen LogP contribution is 2.33. The van der Waals surface area contributed by atoms with Crippen LogP contribution in [0.15, 0.2) is 40.7 Å². The van der Waals surface area contributed by atoms with Crippen molar-refractivity contribution in [2.75, 3.05) is 16.4 Å². The van der Waals surface area contributed by atoms with Crippen LogP contribution in [0.4, 0.5) is 16.5 Å². The number of halogens is 2. The Balaban J connectivity index is 1.58. The number of benzene rings is 2. The van der Waals surface area contributed by atoms with Crippen LogP contribution in [0.3, 0.4) is 0 Å². The molecule has 0 unspecified atom stereocenters. The first-order chi connectivity index (χ1) is 12.9. The van der Waals surface area contributed by atoms with Crippen LogP contribution in [0.25, 0.3) is 0 Å². The molecular formula is C18H16Cl2N4OS2. The van der Waals surface area contributed by atoms with E-state index in [1.165, 1.54) is 23.1 Å². The maximum Gasteiger partial charge on any atom is 0.234 e. The first kappa shape index (κ1) is 19.9. The standard InChI is InChI=1S/C18H16Cl2N4OS2/c1-10-5-3-4-6-13(10)21-17-23-24-18(27-17)26-9-14(25)22-16-12(19)8-7-11(2)15(16)20/h3-8H,9H2,1-2H3,(H,21,23)(H,22,25). The molecule has 0 radical (unpaired) electrons. The van der Waals surface area contributed by atoms with Crippen molar-refractivity contribution in [2.24, 2.45) is 0 Å². The molecule has 2 aromatic carbocycles. The quantitative estimate of drug-likeness (QED) is 0.466. The number of hydrogen-bond acceptors (Lipinski definition) is 6. The Labute approximate surface area is 175 Å². The maximum absolute atomic E-state index is 12.2. The second-order valence-corrected chi connectivity index (χ2v) is 8.69. The van der Waals surface area contributed by atoms with Crippen molar-refractivity contribution < 1.29 is 4.79 Å². The Morgan fingerprint density at radius 1 is 1.11 bits per heavy atom. The predicted octanol–water partition coefficient (Wildman–Crippen LogP) is 5.94. The fourth-order valence-electron chi connectivity index (χ4n) is 2.22. The number of carbonyl (C=O) groups is 1. The van der Waals surface area contributed by atoms with Crippen molar-refractivity contribution >= 4 is 68.7 Å². The van der Waals surface area contributed by atoms with Crippen LogP contribution in [-0.2, 0) is 4.79 Å². The molecule has 2 N–H and O–H groups in total. The molecule has 0 saturated carbocycles. The average Bonchev–Trinajstić information content (AvgIpc) is 3.10. The van der Waals surface area contributed by atoms with Crippen molar-refractivity contribution in [3.63, 3.8) is 0 Å². The second-order valence-electron chi connectivity index (χ2n) is 5.70. The lowest BCUT2D eigenvalue weighted by Crippen LogP contribution is -2.14. The highest BCUT2D eigenvalue weighted by molar-refractivity contribution is 8.01. The number of carbonyl (C=O) groups excluding carboxylic acids is 1. The third kappa shape index (κ3) is 5.13. The molecule has 0 atom stereocenters. The number of para-hydroxylation sites is 1. The molecule has 0 aliphatic rings. The number of hydrogen-bond donors (Lipinski definition) is 2. The smallest absolute Gasteiger partial charge is 0.234 e. The summed E-state index contributed by atoms with van der Waals surface area (Å²) in [4.78, 5) is 12.2. The third-order valence-electron chi connectivity index (χ3n) is 3.67. The molecule has 1 amide bonds. The van der Waals surface area contributed by atoms with Gasteiger partial charge in [0.15, 0.2) is 4.34 Å². The molecule has 0 aliphatic heterocycles. The summed E-state index contributed by atoms with van der Waals surface area (Å²) in [5.41, 5.74) is 3.38. The van der Waals surface area contributed by atoms with E-state index in [0.29, 0.717) is 25.2 Å². The number of aryl methyl sites for hydroxylation is 2. The van der Waals surface area contributed by atoms with E-state index in [-0.39, 0.29) is 11.7 Å². The van der Waals surface area contributed by atoms with Gasteiger partial charge in [0.2, 0.25) is 11.0 Å². The lowest BCUT2D eigenvalue weighted by molar-refractivity contribution is -0.113. The predicted molar refractivity (Wildman–Crippen MR) is 115 cm³/mol. The fourth-order valence-corrected chi connectivity index (χ4v) is 4.25. The van der Waals surface area contributed by atoms with Gasteiger partial charge < -0.3 is 10.6 Å². The van der Waals surface area contributed by atoms with Crippen LogP contribution >= 0.6 is 46.3 Å². The van der Waals surface area contributed by atoms with E-state index in [1.807, 2.05) is 38.1 Å². The zero-order valence-corrected chi connectivity index (χ0v) is 17.7. The van der Waals surface area contributed by atoms with Crippen LogP contribution in [0, 0.1) is 13.8 Å². The van der Waals surface area contributed by atoms with Gasteiger partial charge in [0.1, 0.15) is 0 Å². The Morgan fingerprint density at radius 3 is 2.67 bits per heavy atom. The van der Waals surface area contributed by atoms with Crippen molar-refractivity contribution in [1.29, 1.82) is 0 Å². The van der Waals surface area contributed by atoms with Gasteiger partial charge in [-0.3, -0.25) is 4.79 Å². The lowest BCUT2D eigenvalue weighted by Gasteiger charge is -2.10. The van der Waals surface area contributed by atoms with Gasteiger partial charge in [-0.25, -0.2) is 0 Å². The summed E-state index contributed by atoms with van der Waals surface area (Å²) in [6.45, 7) is 3.87. The van der Waals surface area contributed by atoms with Gasteiger partial charge in [-0.1, -0.05) is 70.6 Å². The van der Waals surface area contributed by atoms with Gasteiger partial charge in [0.25, 0.3) is 0 Å². The summed E-state index contributed by atoms with van der Waals surface area (Å²) in [5.74, 6) is -0.0300. The molecule has 9 heteroatoms. The zero-order chi connectivity index (χ0) is 19.4. The van der Waals surface area contributed by atoms with Crippen molar-refractivity contribution in [1.82, 2.24) is 10.2 Å². The summed E-state index contributed by atoms with van der Waals surface area (Å²) in [6, 6.07) is 11.4.